The van der Waals surface area contributed by atoms with Gasteiger partial charge in [-0.05, 0) is 19.1 Å². The number of carbonyl (C=O) groups is 3. The zero-order valence-corrected chi connectivity index (χ0v) is 9.53. The van der Waals surface area contributed by atoms with E-state index in [-0.39, 0.29) is 12.3 Å². The molecule has 3 N–H and O–H groups in total. The summed E-state index contributed by atoms with van der Waals surface area (Å²) in [6.45, 7) is 1.56. The summed E-state index contributed by atoms with van der Waals surface area (Å²) in [4.78, 5) is 33.4. The minimum atomic E-state index is -1.13. The van der Waals surface area contributed by atoms with Gasteiger partial charge in [-0.15, -0.1) is 0 Å². The Morgan fingerprint density at radius 3 is 2.61 bits per heavy atom. The number of nitrogens with one attached hydrogen (secondary N) is 1. The van der Waals surface area contributed by atoms with Crippen LogP contribution in [0.5, 0.6) is 0 Å². The summed E-state index contributed by atoms with van der Waals surface area (Å²) in [6, 6.07) is 3.53. The summed E-state index contributed by atoms with van der Waals surface area (Å²) < 4.78 is 17.8. The monoisotopic (exact) mass is 254 g/mol. The van der Waals surface area contributed by atoms with Crippen LogP contribution in [0.4, 0.5) is 10.1 Å². The molecule has 2 amide bonds. The van der Waals surface area contributed by atoms with Crippen LogP contribution in [0.3, 0.4) is 0 Å². The Morgan fingerprint density at radius 1 is 1.39 bits per heavy atom. The number of hydrogen-bond donors (Lipinski definition) is 2. The number of anilines is 1. The largest absolute Gasteiger partial charge is 0.459 e. The Balaban J connectivity index is 2.98. The third-order valence-corrected chi connectivity index (χ3v) is 1.97. The van der Waals surface area contributed by atoms with Crippen LogP contribution in [-0.2, 0) is 14.3 Å². The third-order valence-electron chi connectivity index (χ3n) is 1.97. The number of primary amides is 1. The van der Waals surface area contributed by atoms with Gasteiger partial charge in [-0.1, -0.05) is 6.07 Å². The molecule has 0 saturated heterocycles. The van der Waals surface area contributed by atoms with Gasteiger partial charge in [0, 0.05) is 0 Å². The molecular formula is C11H11FN2O4. The van der Waals surface area contributed by atoms with E-state index in [9.17, 15) is 18.8 Å². The van der Waals surface area contributed by atoms with Crippen LogP contribution in [-0.4, -0.2) is 24.4 Å². The van der Waals surface area contributed by atoms with Crippen LogP contribution in [0.1, 0.15) is 17.3 Å². The maximum Gasteiger partial charge on any atom is 0.397 e. The van der Waals surface area contributed by atoms with Crippen molar-refractivity contribution in [3.8, 4) is 0 Å². The van der Waals surface area contributed by atoms with Gasteiger partial charge in [-0.25, -0.2) is 9.18 Å². The lowest BCUT2D eigenvalue weighted by atomic mass is 10.1. The van der Waals surface area contributed by atoms with Gasteiger partial charge in [-0.2, -0.15) is 0 Å². The van der Waals surface area contributed by atoms with Crippen molar-refractivity contribution in [2.75, 3.05) is 11.9 Å². The van der Waals surface area contributed by atoms with Gasteiger partial charge in [0.1, 0.15) is 5.82 Å². The van der Waals surface area contributed by atoms with E-state index >= 15 is 0 Å². The number of carbonyl (C=O) groups excluding carboxylic acids is 3. The maximum absolute atomic E-state index is 13.3. The second-order valence-corrected chi connectivity index (χ2v) is 3.20. The van der Waals surface area contributed by atoms with Gasteiger partial charge in [0.05, 0.1) is 17.9 Å². The van der Waals surface area contributed by atoms with Crippen LogP contribution in [0, 0.1) is 5.82 Å². The molecule has 7 heteroatoms. The number of esters is 1. The summed E-state index contributed by atoms with van der Waals surface area (Å²) in [5.74, 6) is -4.17. The van der Waals surface area contributed by atoms with Gasteiger partial charge in [0.15, 0.2) is 0 Å². The second kappa shape index (κ2) is 5.76. The molecule has 0 fully saturated rings. The molecule has 18 heavy (non-hydrogen) atoms. The Bertz CT molecular complexity index is 502. The molecule has 0 radical (unpaired) electrons. The number of halogens is 1. The number of benzene rings is 1. The average molecular weight is 254 g/mol. The van der Waals surface area contributed by atoms with E-state index in [4.69, 9.17) is 5.73 Å². The molecule has 1 aromatic rings. The zero-order chi connectivity index (χ0) is 13.7. The SMILES string of the molecule is CCOC(=O)C(=O)Nc1cccc(F)c1C(N)=O. The fraction of sp³-hybridized carbons (Fsp3) is 0.182. The first kappa shape index (κ1) is 13.6. The highest BCUT2D eigenvalue weighted by Gasteiger charge is 2.20. The maximum atomic E-state index is 13.3. The summed E-state index contributed by atoms with van der Waals surface area (Å²) in [6.07, 6.45) is 0. The van der Waals surface area contributed by atoms with Crippen LogP contribution in [0.25, 0.3) is 0 Å². The fourth-order valence-corrected chi connectivity index (χ4v) is 1.25. The summed E-state index contributed by atoms with van der Waals surface area (Å²) >= 11 is 0. The van der Waals surface area contributed by atoms with Crippen molar-refractivity contribution in [1.29, 1.82) is 0 Å². The van der Waals surface area contributed by atoms with Crippen molar-refractivity contribution in [3.05, 3.63) is 29.6 Å². The van der Waals surface area contributed by atoms with E-state index in [0.29, 0.717) is 0 Å². The first-order valence-electron chi connectivity index (χ1n) is 5.03. The molecule has 0 heterocycles. The molecular weight excluding hydrogens is 243 g/mol. The van der Waals surface area contributed by atoms with Crippen LogP contribution in [0.2, 0.25) is 0 Å². The Morgan fingerprint density at radius 2 is 2.06 bits per heavy atom. The molecule has 0 aliphatic carbocycles. The molecule has 0 saturated carbocycles. The van der Waals surface area contributed by atoms with Crippen LogP contribution >= 0.6 is 0 Å². The molecule has 1 aromatic carbocycles. The Labute approximate surface area is 102 Å². The van der Waals surface area contributed by atoms with Crippen LogP contribution < -0.4 is 11.1 Å². The molecule has 0 aliphatic rings. The topological polar surface area (TPSA) is 98.5 Å². The smallest absolute Gasteiger partial charge is 0.397 e. The van der Waals surface area contributed by atoms with Crippen molar-refractivity contribution in [2.45, 2.75) is 6.92 Å². The first-order valence-corrected chi connectivity index (χ1v) is 5.03. The zero-order valence-electron chi connectivity index (χ0n) is 9.53. The summed E-state index contributed by atoms with van der Waals surface area (Å²) in [7, 11) is 0. The molecule has 96 valence electrons. The van der Waals surface area contributed by atoms with E-state index in [2.05, 4.69) is 10.1 Å². The normalized spacial score (nSPS) is 9.67. The summed E-state index contributed by atoms with van der Waals surface area (Å²) in [5.41, 5.74) is 4.31. The molecule has 0 aromatic heterocycles. The van der Waals surface area contributed by atoms with E-state index in [1.807, 2.05) is 0 Å². The second-order valence-electron chi connectivity index (χ2n) is 3.20. The highest BCUT2D eigenvalue weighted by Crippen LogP contribution is 2.18. The number of nitrogens with two attached hydrogens (primary N) is 1. The molecule has 6 nitrogen and oxygen atoms in total. The molecule has 1 rings (SSSR count). The fourth-order valence-electron chi connectivity index (χ4n) is 1.25. The predicted molar refractivity (Wildman–Crippen MR) is 60.2 cm³/mol. The lowest BCUT2D eigenvalue weighted by Gasteiger charge is -2.08. The first-order chi connectivity index (χ1) is 8.47. The Kier molecular flexibility index (Phi) is 4.36. The van der Waals surface area contributed by atoms with Gasteiger partial charge < -0.3 is 15.8 Å². The van der Waals surface area contributed by atoms with Crippen molar-refractivity contribution in [3.63, 3.8) is 0 Å². The van der Waals surface area contributed by atoms with Crippen molar-refractivity contribution in [2.24, 2.45) is 5.73 Å². The van der Waals surface area contributed by atoms with Gasteiger partial charge in [0.2, 0.25) is 0 Å². The minimum absolute atomic E-state index is 0.0259. The third kappa shape index (κ3) is 3.03. The van der Waals surface area contributed by atoms with Gasteiger partial charge >= 0.3 is 11.9 Å². The molecule has 0 atom stereocenters. The van der Waals surface area contributed by atoms with E-state index in [1.54, 1.807) is 0 Å². The summed E-state index contributed by atoms with van der Waals surface area (Å²) in [5, 5.41) is 2.06. The number of amides is 2. The predicted octanol–water partition coefficient (Wildman–Crippen LogP) is 0.426. The average Bonchev–Trinajstić information content (AvgIpc) is 2.28. The van der Waals surface area contributed by atoms with Gasteiger partial charge in [0.25, 0.3) is 5.91 Å². The van der Waals surface area contributed by atoms with Crippen molar-refractivity contribution >= 4 is 23.5 Å². The van der Waals surface area contributed by atoms with E-state index in [1.165, 1.54) is 19.1 Å². The number of hydrogen-bond acceptors (Lipinski definition) is 4. The highest BCUT2D eigenvalue weighted by atomic mass is 19.1. The quantitative estimate of drug-likeness (QED) is 0.603. The number of ether oxygens (including phenoxy) is 1. The van der Waals surface area contributed by atoms with E-state index in [0.717, 1.165) is 6.07 Å². The number of rotatable bonds is 3. The molecule has 0 spiro atoms. The molecule has 0 unspecified atom stereocenters. The van der Waals surface area contributed by atoms with Gasteiger partial charge in [-0.3, -0.25) is 9.59 Å². The van der Waals surface area contributed by atoms with E-state index < -0.39 is 29.2 Å². The standard InChI is InChI=1S/C11H11FN2O4/c1-2-18-11(17)10(16)14-7-5-3-4-6(12)8(7)9(13)15/h3-5H,2H2,1H3,(H2,13,15)(H,14,16). The lowest BCUT2D eigenvalue weighted by molar-refractivity contribution is -0.152. The minimum Gasteiger partial charge on any atom is -0.459 e. The van der Waals surface area contributed by atoms with Crippen molar-refractivity contribution < 1.29 is 23.5 Å². The molecule has 0 aliphatic heterocycles. The highest BCUT2D eigenvalue weighted by molar-refractivity contribution is 6.37. The molecule has 0 bridgehead atoms. The van der Waals surface area contributed by atoms with Crippen LogP contribution in [0.15, 0.2) is 18.2 Å². The van der Waals surface area contributed by atoms with Crippen molar-refractivity contribution in [1.82, 2.24) is 0 Å². The lowest BCUT2D eigenvalue weighted by Crippen LogP contribution is -2.27. The Hall–Kier alpha value is -2.44.